The van der Waals surface area contributed by atoms with Gasteiger partial charge in [-0.1, -0.05) is 20.8 Å². The van der Waals surface area contributed by atoms with Crippen molar-refractivity contribution in [1.29, 1.82) is 0 Å². The number of aromatic nitrogens is 1. The fraction of sp³-hybridized carbons (Fsp3) is 0.824. The number of nitrogens with zero attached hydrogens (tertiary/aromatic N) is 2. The molecule has 1 aromatic heterocycles. The average Bonchev–Trinajstić information content (AvgIpc) is 2.81. The van der Waals surface area contributed by atoms with Gasteiger partial charge in [0.15, 0.2) is 0 Å². The van der Waals surface area contributed by atoms with Gasteiger partial charge in [-0.15, -0.1) is 11.3 Å². The zero-order valence-corrected chi connectivity index (χ0v) is 15.1. The predicted molar refractivity (Wildman–Crippen MR) is 92.0 cm³/mol. The van der Waals surface area contributed by atoms with Crippen LogP contribution in [-0.4, -0.2) is 29.5 Å². The van der Waals surface area contributed by atoms with Crippen molar-refractivity contribution in [3.8, 4) is 0 Å². The fourth-order valence-electron chi connectivity index (χ4n) is 3.08. The summed E-state index contributed by atoms with van der Waals surface area (Å²) in [5, 5.41) is 1.26. The Labute approximate surface area is 133 Å². The van der Waals surface area contributed by atoms with Crippen LogP contribution in [0.5, 0.6) is 0 Å². The first-order valence-electron chi connectivity index (χ1n) is 8.28. The molecule has 0 bridgehead atoms. The summed E-state index contributed by atoms with van der Waals surface area (Å²) < 4.78 is 0. The van der Waals surface area contributed by atoms with E-state index >= 15 is 0 Å². The highest BCUT2D eigenvalue weighted by molar-refractivity contribution is 7.11. The Hall–Kier alpha value is -0.450. The van der Waals surface area contributed by atoms with Crippen molar-refractivity contribution in [2.75, 3.05) is 19.6 Å². The Bertz CT molecular complexity index is 459. The van der Waals surface area contributed by atoms with Gasteiger partial charge in [0.25, 0.3) is 0 Å². The van der Waals surface area contributed by atoms with Gasteiger partial charge < -0.3 is 10.6 Å². The number of rotatable bonds is 5. The number of nitrogens with two attached hydrogens (primary N) is 1. The molecule has 1 aliphatic heterocycles. The van der Waals surface area contributed by atoms with Gasteiger partial charge in [0.1, 0.15) is 0 Å². The second kappa shape index (κ2) is 6.76. The van der Waals surface area contributed by atoms with E-state index < -0.39 is 0 Å². The first-order valence-corrected chi connectivity index (χ1v) is 9.10. The predicted octanol–water partition coefficient (Wildman–Crippen LogP) is 3.73. The first-order chi connectivity index (χ1) is 9.77. The van der Waals surface area contributed by atoms with E-state index in [0.29, 0.717) is 5.92 Å². The molecule has 0 radical (unpaired) electrons. The highest BCUT2D eigenvalue weighted by Crippen LogP contribution is 2.32. The molecular weight excluding hydrogens is 278 g/mol. The third-order valence-electron chi connectivity index (χ3n) is 4.21. The summed E-state index contributed by atoms with van der Waals surface area (Å²) in [6, 6.07) is 0. The maximum atomic E-state index is 6.33. The van der Waals surface area contributed by atoms with E-state index in [1.807, 2.05) is 11.3 Å². The summed E-state index contributed by atoms with van der Waals surface area (Å²) in [6.45, 7) is 14.6. The molecule has 120 valence electrons. The molecule has 1 aliphatic rings. The number of hydrogen-bond acceptors (Lipinski definition) is 4. The summed E-state index contributed by atoms with van der Waals surface area (Å²) in [6.07, 6.45) is 3.79. The van der Waals surface area contributed by atoms with Crippen LogP contribution in [-0.2, 0) is 12.0 Å². The van der Waals surface area contributed by atoms with Crippen molar-refractivity contribution in [2.24, 2.45) is 11.7 Å². The number of hydrogen-bond donors (Lipinski definition) is 1. The molecule has 0 aliphatic carbocycles. The average molecular weight is 310 g/mol. The third kappa shape index (κ3) is 4.51. The lowest BCUT2D eigenvalue weighted by molar-refractivity contribution is 0.186. The van der Waals surface area contributed by atoms with Crippen LogP contribution in [0.4, 0.5) is 0 Å². The number of piperidine rings is 1. The van der Waals surface area contributed by atoms with Gasteiger partial charge in [0.05, 0.1) is 10.7 Å². The van der Waals surface area contributed by atoms with Crippen molar-refractivity contribution in [3.63, 3.8) is 0 Å². The van der Waals surface area contributed by atoms with Crippen LogP contribution in [0.1, 0.15) is 69.0 Å². The Kier molecular flexibility index (Phi) is 5.44. The van der Waals surface area contributed by atoms with E-state index in [0.717, 1.165) is 18.9 Å². The van der Waals surface area contributed by atoms with Crippen LogP contribution >= 0.6 is 11.3 Å². The SMILES string of the molecule is CC1CCCN(CCc2nc(C(C)C)c(C(C)(C)N)s2)C1. The van der Waals surface area contributed by atoms with Crippen LogP contribution in [0.2, 0.25) is 0 Å². The number of thiazole rings is 1. The molecule has 2 rings (SSSR count). The lowest BCUT2D eigenvalue weighted by Gasteiger charge is -2.30. The Morgan fingerprint density at radius 3 is 2.67 bits per heavy atom. The quantitative estimate of drug-likeness (QED) is 0.901. The lowest BCUT2D eigenvalue weighted by atomic mass is 9.98. The molecular formula is C17H31N3S. The van der Waals surface area contributed by atoms with E-state index in [-0.39, 0.29) is 5.54 Å². The summed E-state index contributed by atoms with van der Waals surface area (Å²) in [4.78, 5) is 8.75. The topological polar surface area (TPSA) is 42.2 Å². The smallest absolute Gasteiger partial charge is 0.0944 e. The van der Waals surface area contributed by atoms with Crippen LogP contribution in [0, 0.1) is 5.92 Å². The van der Waals surface area contributed by atoms with Crippen molar-refractivity contribution in [1.82, 2.24) is 9.88 Å². The number of likely N-dealkylation sites (tertiary alicyclic amines) is 1. The standard InChI is InChI=1S/C17H31N3S/c1-12(2)15-16(17(4,5)18)21-14(19-15)8-10-20-9-6-7-13(3)11-20/h12-13H,6-11,18H2,1-5H3. The van der Waals surface area contributed by atoms with E-state index in [2.05, 4.69) is 39.5 Å². The van der Waals surface area contributed by atoms with Crippen LogP contribution < -0.4 is 5.73 Å². The van der Waals surface area contributed by atoms with Crippen LogP contribution in [0.3, 0.4) is 0 Å². The summed E-state index contributed by atoms with van der Waals surface area (Å²) in [7, 11) is 0. The summed E-state index contributed by atoms with van der Waals surface area (Å²) in [5.41, 5.74) is 7.25. The molecule has 2 N–H and O–H groups in total. The molecule has 2 heterocycles. The maximum Gasteiger partial charge on any atom is 0.0944 e. The molecule has 1 saturated heterocycles. The maximum absolute atomic E-state index is 6.33. The first kappa shape index (κ1) is 16.9. The Balaban J connectivity index is 2.03. The van der Waals surface area contributed by atoms with Gasteiger partial charge in [0.2, 0.25) is 0 Å². The Morgan fingerprint density at radius 2 is 2.14 bits per heavy atom. The molecule has 0 aromatic carbocycles. The molecule has 1 aromatic rings. The molecule has 1 fully saturated rings. The Morgan fingerprint density at radius 1 is 1.43 bits per heavy atom. The molecule has 3 nitrogen and oxygen atoms in total. The minimum Gasteiger partial charge on any atom is -0.321 e. The largest absolute Gasteiger partial charge is 0.321 e. The monoisotopic (exact) mass is 309 g/mol. The van der Waals surface area contributed by atoms with Gasteiger partial charge in [-0.25, -0.2) is 4.98 Å². The fourth-order valence-corrected chi connectivity index (χ4v) is 4.30. The zero-order valence-electron chi connectivity index (χ0n) is 14.3. The van der Waals surface area contributed by atoms with Crippen molar-refractivity contribution < 1.29 is 0 Å². The second-order valence-electron chi connectivity index (χ2n) is 7.50. The van der Waals surface area contributed by atoms with E-state index in [1.54, 1.807) is 0 Å². The minimum absolute atomic E-state index is 0.283. The molecule has 1 unspecified atom stereocenters. The van der Waals surface area contributed by atoms with E-state index in [9.17, 15) is 0 Å². The van der Waals surface area contributed by atoms with Crippen molar-refractivity contribution >= 4 is 11.3 Å². The van der Waals surface area contributed by atoms with Gasteiger partial charge in [-0.3, -0.25) is 0 Å². The third-order valence-corrected chi connectivity index (χ3v) is 5.68. The normalized spacial score (nSPS) is 21.2. The molecule has 0 amide bonds. The van der Waals surface area contributed by atoms with Gasteiger partial charge in [-0.05, 0) is 45.1 Å². The summed E-state index contributed by atoms with van der Waals surface area (Å²) >= 11 is 1.82. The zero-order chi connectivity index (χ0) is 15.6. The molecule has 4 heteroatoms. The van der Waals surface area contributed by atoms with Gasteiger partial charge in [-0.2, -0.15) is 0 Å². The van der Waals surface area contributed by atoms with Gasteiger partial charge in [0, 0.05) is 29.9 Å². The van der Waals surface area contributed by atoms with Crippen molar-refractivity contribution in [2.45, 2.75) is 65.3 Å². The molecule has 21 heavy (non-hydrogen) atoms. The lowest BCUT2D eigenvalue weighted by Crippen LogP contribution is -2.35. The molecule has 0 saturated carbocycles. The molecule has 0 spiro atoms. The highest BCUT2D eigenvalue weighted by atomic mass is 32.1. The van der Waals surface area contributed by atoms with E-state index in [1.165, 1.54) is 41.5 Å². The van der Waals surface area contributed by atoms with Gasteiger partial charge >= 0.3 is 0 Å². The van der Waals surface area contributed by atoms with Crippen molar-refractivity contribution in [3.05, 3.63) is 15.6 Å². The van der Waals surface area contributed by atoms with Crippen LogP contribution in [0.25, 0.3) is 0 Å². The van der Waals surface area contributed by atoms with E-state index in [4.69, 9.17) is 10.7 Å². The summed E-state index contributed by atoms with van der Waals surface area (Å²) in [5.74, 6) is 1.29. The molecule has 1 atom stereocenters. The second-order valence-corrected chi connectivity index (χ2v) is 8.58. The van der Waals surface area contributed by atoms with Crippen LogP contribution in [0.15, 0.2) is 0 Å². The highest BCUT2D eigenvalue weighted by Gasteiger charge is 2.25. The minimum atomic E-state index is -0.283.